The van der Waals surface area contributed by atoms with Crippen molar-refractivity contribution in [2.75, 3.05) is 25.7 Å². The topological polar surface area (TPSA) is 79.6 Å². The number of rotatable bonds is 6. The van der Waals surface area contributed by atoms with Gasteiger partial charge in [0.2, 0.25) is 0 Å². The summed E-state index contributed by atoms with van der Waals surface area (Å²) in [5.74, 6) is -0.655. The summed E-state index contributed by atoms with van der Waals surface area (Å²) < 4.78 is 10.1. The molecular weight excluding hydrogens is 332 g/mol. The lowest BCUT2D eigenvalue weighted by Gasteiger charge is -2.16. The predicted octanol–water partition coefficient (Wildman–Crippen LogP) is 2.81. The molecule has 0 aliphatic heterocycles. The number of amides is 1. The molecule has 2 aromatic rings. The number of para-hydroxylation sites is 1. The van der Waals surface area contributed by atoms with E-state index in [0.717, 1.165) is 0 Å². The number of anilines is 1. The molecule has 1 amide bonds. The first-order valence-electron chi connectivity index (χ1n) is 7.79. The molecule has 0 radical (unpaired) electrons. The molecule has 0 aliphatic carbocycles. The molecule has 0 aromatic heterocycles. The predicted molar refractivity (Wildman–Crippen MR) is 97.4 cm³/mol. The van der Waals surface area contributed by atoms with E-state index in [-0.39, 0.29) is 5.57 Å². The molecule has 2 aromatic carbocycles. The fraction of sp³-hybridized carbons (Fsp3) is 0.150. The number of nitrogens with zero attached hydrogens (tertiary/aromatic N) is 2. The van der Waals surface area contributed by atoms with Gasteiger partial charge in [-0.1, -0.05) is 30.3 Å². The van der Waals surface area contributed by atoms with Gasteiger partial charge in [-0.15, -0.1) is 0 Å². The molecule has 0 spiro atoms. The van der Waals surface area contributed by atoms with Gasteiger partial charge in [-0.05, 0) is 35.9 Å². The van der Waals surface area contributed by atoms with Crippen LogP contribution in [0.25, 0.3) is 6.08 Å². The standard InChI is InChI=1S/C20H18N2O4/c1-22(17-8-4-3-5-9-17)19(23)14-26-20(24)16(13-21)11-15-7-6-10-18(12-15)25-2/h3-12H,14H2,1-2H3/b16-11+. The van der Waals surface area contributed by atoms with E-state index in [4.69, 9.17) is 9.47 Å². The minimum atomic E-state index is -0.856. The zero-order chi connectivity index (χ0) is 18.9. The monoisotopic (exact) mass is 350 g/mol. The summed E-state index contributed by atoms with van der Waals surface area (Å²) in [6.45, 7) is -0.457. The lowest BCUT2D eigenvalue weighted by atomic mass is 10.1. The normalized spacial score (nSPS) is 10.6. The first kappa shape index (κ1) is 18.7. The van der Waals surface area contributed by atoms with Crippen LogP contribution in [0, 0.1) is 11.3 Å². The van der Waals surface area contributed by atoms with Crippen molar-refractivity contribution in [1.29, 1.82) is 5.26 Å². The van der Waals surface area contributed by atoms with E-state index in [1.165, 1.54) is 18.1 Å². The minimum Gasteiger partial charge on any atom is -0.497 e. The van der Waals surface area contributed by atoms with Crippen LogP contribution in [-0.2, 0) is 14.3 Å². The van der Waals surface area contributed by atoms with Crippen LogP contribution in [0.4, 0.5) is 5.69 Å². The molecule has 0 atom stereocenters. The molecule has 0 heterocycles. The summed E-state index contributed by atoms with van der Waals surface area (Å²) in [7, 11) is 3.11. The highest BCUT2D eigenvalue weighted by atomic mass is 16.5. The maximum absolute atomic E-state index is 12.1. The number of nitriles is 1. The van der Waals surface area contributed by atoms with Gasteiger partial charge in [0.1, 0.15) is 17.4 Å². The third-order valence-electron chi connectivity index (χ3n) is 3.59. The van der Waals surface area contributed by atoms with Crippen molar-refractivity contribution in [1.82, 2.24) is 0 Å². The van der Waals surface area contributed by atoms with E-state index in [0.29, 0.717) is 17.0 Å². The molecule has 0 unspecified atom stereocenters. The number of carbonyl (C=O) groups is 2. The second-order valence-electron chi connectivity index (χ2n) is 5.31. The molecule has 6 nitrogen and oxygen atoms in total. The Balaban J connectivity index is 2.02. The average molecular weight is 350 g/mol. The Kier molecular flexibility index (Phi) is 6.52. The van der Waals surface area contributed by atoms with Gasteiger partial charge in [0.05, 0.1) is 7.11 Å². The Morgan fingerprint density at radius 3 is 2.54 bits per heavy atom. The summed E-state index contributed by atoms with van der Waals surface area (Å²) in [6.07, 6.45) is 1.39. The van der Waals surface area contributed by atoms with Crippen molar-refractivity contribution in [3.05, 3.63) is 65.7 Å². The number of hydrogen-bond acceptors (Lipinski definition) is 5. The Morgan fingerprint density at radius 2 is 1.88 bits per heavy atom. The zero-order valence-electron chi connectivity index (χ0n) is 14.5. The number of likely N-dealkylation sites (N-methyl/N-ethyl adjacent to an activating group) is 1. The summed E-state index contributed by atoms with van der Waals surface area (Å²) >= 11 is 0. The SMILES string of the molecule is COc1cccc(/C=C(\C#N)C(=O)OCC(=O)N(C)c2ccccc2)c1. The summed E-state index contributed by atoms with van der Waals surface area (Å²) in [4.78, 5) is 25.6. The van der Waals surface area contributed by atoms with Crippen LogP contribution in [-0.4, -0.2) is 32.6 Å². The van der Waals surface area contributed by atoms with Crippen LogP contribution in [0.5, 0.6) is 5.75 Å². The van der Waals surface area contributed by atoms with Gasteiger partial charge < -0.3 is 14.4 Å². The third-order valence-corrected chi connectivity index (χ3v) is 3.59. The minimum absolute atomic E-state index is 0.201. The molecule has 0 bridgehead atoms. The molecule has 0 saturated heterocycles. The Labute approximate surface area is 151 Å². The number of esters is 1. The number of carbonyl (C=O) groups excluding carboxylic acids is 2. The summed E-state index contributed by atoms with van der Waals surface area (Å²) in [6, 6.07) is 17.7. The largest absolute Gasteiger partial charge is 0.497 e. The van der Waals surface area contributed by atoms with Crippen molar-refractivity contribution in [2.45, 2.75) is 0 Å². The van der Waals surface area contributed by atoms with Crippen molar-refractivity contribution in [3.63, 3.8) is 0 Å². The maximum Gasteiger partial charge on any atom is 0.349 e. The smallest absolute Gasteiger partial charge is 0.349 e. The lowest BCUT2D eigenvalue weighted by molar-refractivity contribution is -0.143. The van der Waals surface area contributed by atoms with Gasteiger partial charge >= 0.3 is 5.97 Å². The molecule has 0 fully saturated rings. The number of benzene rings is 2. The summed E-state index contributed by atoms with van der Waals surface area (Å²) in [5, 5.41) is 9.19. The summed E-state index contributed by atoms with van der Waals surface area (Å²) in [5.41, 5.74) is 1.10. The van der Waals surface area contributed by atoms with E-state index in [2.05, 4.69) is 0 Å². The van der Waals surface area contributed by atoms with E-state index < -0.39 is 18.5 Å². The second-order valence-corrected chi connectivity index (χ2v) is 5.31. The van der Waals surface area contributed by atoms with E-state index in [1.807, 2.05) is 6.07 Å². The fourth-order valence-electron chi connectivity index (χ4n) is 2.13. The van der Waals surface area contributed by atoms with Crippen molar-refractivity contribution in [2.24, 2.45) is 0 Å². The average Bonchev–Trinajstić information content (AvgIpc) is 2.70. The Bertz CT molecular complexity index is 854. The molecule has 0 saturated carbocycles. The van der Waals surface area contributed by atoms with Crippen molar-refractivity contribution in [3.8, 4) is 11.8 Å². The van der Waals surface area contributed by atoms with Crippen LogP contribution in [0.15, 0.2) is 60.2 Å². The van der Waals surface area contributed by atoms with E-state index in [1.54, 1.807) is 61.6 Å². The van der Waals surface area contributed by atoms with Crippen LogP contribution in [0.3, 0.4) is 0 Å². The van der Waals surface area contributed by atoms with Crippen molar-refractivity contribution < 1.29 is 19.1 Å². The first-order valence-corrected chi connectivity index (χ1v) is 7.79. The molecule has 26 heavy (non-hydrogen) atoms. The molecule has 2 rings (SSSR count). The quantitative estimate of drug-likeness (QED) is 0.455. The zero-order valence-corrected chi connectivity index (χ0v) is 14.5. The van der Waals surface area contributed by atoms with Gasteiger partial charge in [-0.2, -0.15) is 5.26 Å². The highest BCUT2D eigenvalue weighted by molar-refractivity contribution is 6.00. The Morgan fingerprint density at radius 1 is 1.15 bits per heavy atom. The van der Waals surface area contributed by atoms with Gasteiger partial charge in [-0.25, -0.2) is 4.79 Å². The van der Waals surface area contributed by atoms with E-state index in [9.17, 15) is 14.9 Å². The molecule has 0 aliphatic rings. The van der Waals surface area contributed by atoms with E-state index >= 15 is 0 Å². The molecular formula is C20H18N2O4. The lowest BCUT2D eigenvalue weighted by Crippen LogP contribution is -2.31. The maximum atomic E-state index is 12.1. The van der Waals surface area contributed by atoms with Crippen molar-refractivity contribution >= 4 is 23.6 Å². The van der Waals surface area contributed by atoms with Gasteiger partial charge in [0, 0.05) is 12.7 Å². The molecule has 6 heteroatoms. The second kappa shape index (κ2) is 9.04. The molecule has 132 valence electrons. The molecule has 0 N–H and O–H groups in total. The number of methoxy groups -OCH3 is 1. The van der Waals surface area contributed by atoms with Crippen LogP contribution in [0.1, 0.15) is 5.56 Å². The van der Waals surface area contributed by atoms with Gasteiger partial charge in [0.15, 0.2) is 6.61 Å². The van der Waals surface area contributed by atoms with Crippen LogP contribution in [0.2, 0.25) is 0 Å². The number of ether oxygens (including phenoxy) is 2. The first-order chi connectivity index (χ1) is 12.5. The van der Waals surface area contributed by atoms with Crippen LogP contribution >= 0.6 is 0 Å². The van der Waals surface area contributed by atoms with Gasteiger partial charge in [0.25, 0.3) is 5.91 Å². The number of hydrogen-bond donors (Lipinski definition) is 0. The Hall–Kier alpha value is -3.59. The fourth-order valence-corrected chi connectivity index (χ4v) is 2.13. The van der Waals surface area contributed by atoms with Gasteiger partial charge in [-0.3, -0.25) is 4.79 Å². The third kappa shape index (κ3) is 4.95. The highest BCUT2D eigenvalue weighted by Gasteiger charge is 2.16. The highest BCUT2D eigenvalue weighted by Crippen LogP contribution is 2.16. The van der Waals surface area contributed by atoms with Crippen LogP contribution < -0.4 is 9.64 Å².